The van der Waals surface area contributed by atoms with Crippen LogP contribution in [0.15, 0.2) is 25.2 Å². The molecule has 2 atom stereocenters. The third kappa shape index (κ3) is 4.75. The second-order valence-electron chi connectivity index (χ2n) is 6.70. The minimum absolute atomic E-state index is 0.0655. The van der Waals surface area contributed by atoms with Crippen LogP contribution < -0.4 is 5.32 Å². The zero-order chi connectivity index (χ0) is 20.0. The van der Waals surface area contributed by atoms with E-state index in [0.717, 1.165) is 0 Å². The number of hydrogen-bond acceptors (Lipinski definition) is 4. The van der Waals surface area contributed by atoms with Crippen molar-refractivity contribution in [1.82, 2.24) is 24.7 Å². The second-order valence-corrected chi connectivity index (χ2v) is 6.70. The van der Waals surface area contributed by atoms with Gasteiger partial charge >= 0.3 is 0 Å². The lowest BCUT2D eigenvalue weighted by molar-refractivity contribution is -0.143. The number of carbonyl (C=O) groups is 3. The average molecular weight is 375 g/mol. The van der Waals surface area contributed by atoms with Crippen LogP contribution in [-0.4, -0.2) is 68.8 Å². The van der Waals surface area contributed by atoms with Crippen molar-refractivity contribution in [2.45, 2.75) is 45.2 Å². The van der Waals surface area contributed by atoms with E-state index < -0.39 is 6.04 Å². The van der Waals surface area contributed by atoms with Crippen LogP contribution in [0.3, 0.4) is 0 Å². The van der Waals surface area contributed by atoms with E-state index in [9.17, 15) is 14.4 Å². The van der Waals surface area contributed by atoms with Gasteiger partial charge in [0.25, 0.3) is 5.91 Å². The maximum atomic E-state index is 12.9. The van der Waals surface area contributed by atoms with Crippen molar-refractivity contribution in [3.05, 3.63) is 30.9 Å². The largest absolute Gasteiger partial charge is 0.346 e. The fourth-order valence-corrected chi connectivity index (χ4v) is 3.40. The molecule has 3 amide bonds. The van der Waals surface area contributed by atoms with Gasteiger partial charge in [-0.3, -0.25) is 14.4 Å². The van der Waals surface area contributed by atoms with Crippen LogP contribution in [0, 0.1) is 0 Å². The van der Waals surface area contributed by atoms with Gasteiger partial charge in [-0.2, -0.15) is 0 Å². The van der Waals surface area contributed by atoms with Crippen molar-refractivity contribution < 1.29 is 14.4 Å². The van der Waals surface area contributed by atoms with Crippen LogP contribution in [0.4, 0.5) is 0 Å². The minimum Gasteiger partial charge on any atom is -0.346 e. The Labute approximate surface area is 160 Å². The zero-order valence-corrected chi connectivity index (χ0v) is 16.4. The number of rotatable bonds is 8. The predicted molar refractivity (Wildman–Crippen MR) is 102 cm³/mol. The summed E-state index contributed by atoms with van der Waals surface area (Å²) in [5.41, 5.74) is 0.443. The lowest BCUT2D eigenvalue weighted by Gasteiger charge is -2.28. The van der Waals surface area contributed by atoms with Crippen molar-refractivity contribution in [3.8, 4) is 0 Å². The third-order valence-electron chi connectivity index (χ3n) is 4.93. The molecule has 1 aromatic rings. The number of aromatic nitrogens is 2. The van der Waals surface area contributed by atoms with E-state index >= 15 is 0 Å². The molecule has 1 aliphatic heterocycles. The normalized spacial score (nSPS) is 19.0. The summed E-state index contributed by atoms with van der Waals surface area (Å²) in [5.74, 6) is -0.406. The van der Waals surface area contributed by atoms with Gasteiger partial charge in [0.1, 0.15) is 11.7 Å². The van der Waals surface area contributed by atoms with Crippen molar-refractivity contribution in [3.63, 3.8) is 0 Å². The Morgan fingerprint density at radius 2 is 2.07 bits per heavy atom. The molecule has 0 unspecified atom stereocenters. The lowest BCUT2D eigenvalue weighted by atomic mass is 10.1. The molecule has 0 bridgehead atoms. The molecule has 1 N–H and O–H groups in total. The number of nitrogens with one attached hydrogen (secondary N) is 1. The number of nitrogens with zero attached hydrogens (tertiary/aromatic N) is 4. The van der Waals surface area contributed by atoms with E-state index in [2.05, 4.69) is 16.9 Å². The van der Waals surface area contributed by atoms with Crippen molar-refractivity contribution in [2.75, 3.05) is 19.6 Å². The van der Waals surface area contributed by atoms with Crippen molar-refractivity contribution in [1.29, 1.82) is 0 Å². The fourth-order valence-electron chi connectivity index (χ4n) is 3.40. The molecule has 0 aliphatic carbocycles. The monoisotopic (exact) mass is 375 g/mol. The van der Waals surface area contributed by atoms with Crippen molar-refractivity contribution >= 4 is 17.7 Å². The number of amides is 3. The first kappa shape index (κ1) is 20.7. The molecular formula is C19H29N5O3. The molecule has 8 nitrogen and oxygen atoms in total. The second kappa shape index (κ2) is 9.34. The Morgan fingerprint density at radius 3 is 2.63 bits per heavy atom. The van der Waals surface area contributed by atoms with Crippen LogP contribution in [-0.2, 0) is 16.6 Å². The van der Waals surface area contributed by atoms with Gasteiger partial charge in [0.05, 0.1) is 12.5 Å². The molecule has 1 saturated heterocycles. The third-order valence-corrected chi connectivity index (χ3v) is 4.93. The highest BCUT2D eigenvalue weighted by Crippen LogP contribution is 2.22. The smallest absolute Gasteiger partial charge is 0.269 e. The van der Waals surface area contributed by atoms with Crippen LogP contribution in [0.5, 0.6) is 0 Å². The number of carbonyl (C=O) groups excluding carboxylic acids is 3. The van der Waals surface area contributed by atoms with Crippen LogP contribution in [0.1, 0.15) is 43.6 Å². The highest BCUT2D eigenvalue weighted by molar-refractivity contribution is 5.93. The standard InChI is InChI=1S/C19H29N5O3/c1-5-8-9-17(25)24-12-14(10-15(24)19(27)23(6-2)7-3)21-18(26)16-11-20-13-22(16)4/h5,11,13-15H,1,6-10,12H2,2-4H3,(H,21,26)/t14-,15-/m0/s1. The lowest BCUT2D eigenvalue weighted by Crippen LogP contribution is -2.47. The fraction of sp³-hybridized carbons (Fsp3) is 0.579. The average Bonchev–Trinajstić information content (AvgIpc) is 3.26. The van der Waals surface area contributed by atoms with E-state index in [0.29, 0.717) is 44.6 Å². The van der Waals surface area contributed by atoms with Gasteiger partial charge in [-0.25, -0.2) is 4.98 Å². The van der Waals surface area contributed by atoms with Gasteiger partial charge in [0.15, 0.2) is 0 Å². The molecule has 27 heavy (non-hydrogen) atoms. The molecule has 8 heteroatoms. The Bertz CT molecular complexity index is 695. The van der Waals surface area contributed by atoms with E-state index in [-0.39, 0.29) is 23.8 Å². The molecule has 148 valence electrons. The molecule has 0 saturated carbocycles. The predicted octanol–water partition coefficient (Wildman–Crippen LogP) is 0.954. The summed E-state index contributed by atoms with van der Waals surface area (Å²) in [4.78, 5) is 45.3. The first-order valence-electron chi connectivity index (χ1n) is 9.39. The van der Waals surface area contributed by atoms with Gasteiger partial charge < -0.3 is 19.7 Å². The van der Waals surface area contributed by atoms with Gasteiger partial charge in [0.2, 0.25) is 11.8 Å². The first-order valence-corrected chi connectivity index (χ1v) is 9.39. The first-order chi connectivity index (χ1) is 12.9. The van der Waals surface area contributed by atoms with Gasteiger partial charge in [-0.1, -0.05) is 6.08 Å². The number of likely N-dealkylation sites (tertiary alicyclic amines) is 1. The van der Waals surface area contributed by atoms with Crippen LogP contribution >= 0.6 is 0 Å². The quantitative estimate of drug-likeness (QED) is 0.686. The van der Waals surface area contributed by atoms with Gasteiger partial charge in [0, 0.05) is 39.1 Å². The zero-order valence-electron chi connectivity index (χ0n) is 16.4. The topological polar surface area (TPSA) is 87.5 Å². The molecule has 2 rings (SSSR count). The SMILES string of the molecule is C=CCCC(=O)N1C[C@@H](NC(=O)c2cncn2C)C[C@H]1C(=O)N(CC)CC. The van der Waals surface area contributed by atoms with Gasteiger partial charge in [-0.15, -0.1) is 6.58 Å². The minimum atomic E-state index is -0.543. The van der Waals surface area contributed by atoms with E-state index in [1.807, 2.05) is 13.8 Å². The maximum absolute atomic E-state index is 12.9. The Kier molecular flexibility index (Phi) is 7.15. The summed E-state index contributed by atoms with van der Waals surface area (Å²) >= 11 is 0. The van der Waals surface area contributed by atoms with Gasteiger partial charge in [-0.05, 0) is 26.7 Å². The number of imidazole rings is 1. The molecule has 0 radical (unpaired) electrons. The summed E-state index contributed by atoms with van der Waals surface area (Å²) in [6.07, 6.45) is 6.04. The molecule has 0 aromatic carbocycles. The molecule has 0 spiro atoms. The summed E-state index contributed by atoms with van der Waals surface area (Å²) in [5, 5.41) is 2.94. The molecule has 1 aliphatic rings. The number of allylic oxidation sites excluding steroid dienone is 1. The summed E-state index contributed by atoms with van der Waals surface area (Å²) in [7, 11) is 1.74. The highest BCUT2D eigenvalue weighted by atomic mass is 16.2. The molecule has 1 fully saturated rings. The Morgan fingerprint density at radius 1 is 1.37 bits per heavy atom. The summed E-state index contributed by atoms with van der Waals surface area (Å²) < 4.78 is 1.63. The number of aryl methyl sites for hydroxylation is 1. The molecule has 1 aromatic heterocycles. The number of likely N-dealkylation sites (N-methyl/N-ethyl adjacent to an activating group) is 1. The molecular weight excluding hydrogens is 346 g/mol. The number of hydrogen-bond donors (Lipinski definition) is 1. The Balaban J connectivity index is 2.14. The van der Waals surface area contributed by atoms with E-state index in [4.69, 9.17) is 0 Å². The van der Waals surface area contributed by atoms with Crippen LogP contribution in [0.25, 0.3) is 0 Å². The molecule has 2 heterocycles. The van der Waals surface area contributed by atoms with Crippen LogP contribution in [0.2, 0.25) is 0 Å². The van der Waals surface area contributed by atoms with Crippen molar-refractivity contribution in [2.24, 2.45) is 7.05 Å². The van der Waals surface area contributed by atoms with E-state index in [1.54, 1.807) is 33.8 Å². The summed E-state index contributed by atoms with van der Waals surface area (Å²) in [6.45, 7) is 9.00. The highest BCUT2D eigenvalue weighted by Gasteiger charge is 2.41. The summed E-state index contributed by atoms with van der Waals surface area (Å²) in [6, 6.07) is -0.816. The van der Waals surface area contributed by atoms with E-state index in [1.165, 1.54) is 6.20 Å². The Hall–Kier alpha value is -2.64. The maximum Gasteiger partial charge on any atom is 0.269 e.